The predicted molar refractivity (Wildman–Crippen MR) is 113 cm³/mol. The van der Waals surface area contributed by atoms with Crippen LogP contribution in [0.4, 0.5) is 15.8 Å². The number of hydrogen-bond donors (Lipinski definition) is 1. The summed E-state index contributed by atoms with van der Waals surface area (Å²) >= 11 is 0. The van der Waals surface area contributed by atoms with Crippen molar-refractivity contribution >= 4 is 17.3 Å². The van der Waals surface area contributed by atoms with E-state index in [9.17, 15) is 19.3 Å². The van der Waals surface area contributed by atoms with Gasteiger partial charge in [0.25, 0.3) is 11.6 Å². The first kappa shape index (κ1) is 23.2. The average Bonchev–Trinajstić information content (AvgIpc) is 2.72. The summed E-state index contributed by atoms with van der Waals surface area (Å²) < 4.78 is 19.1. The lowest BCUT2D eigenvalue weighted by atomic mass is 10.1. The standard InChI is InChI=1S/C21H27FN4O4/c1-24(2)11-12-25(15-17-6-4-5-7-18(17)22)21(27)16-8-9-19(23-10-13-30-3)20(14-16)26(28)29/h4-9,14,23H,10-13,15H2,1-3H3. The van der Waals surface area contributed by atoms with Crippen molar-refractivity contribution in [2.45, 2.75) is 6.54 Å². The van der Waals surface area contributed by atoms with Crippen molar-refractivity contribution in [1.29, 1.82) is 0 Å². The Bertz CT molecular complexity index is 876. The number of anilines is 1. The Hall–Kier alpha value is -3.04. The number of hydrogen-bond acceptors (Lipinski definition) is 6. The molecule has 1 amide bonds. The molecule has 0 saturated heterocycles. The van der Waals surface area contributed by atoms with E-state index < -0.39 is 16.6 Å². The van der Waals surface area contributed by atoms with E-state index in [-0.39, 0.29) is 17.8 Å². The second-order valence-corrected chi connectivity index (χ2v) is 7.03. The van der Waals surface area contributed by atoms with Crippen molar-refractivity contribution in [2.75, 3.05) is 52.8 Å². The number of methoxy groups -OCH3 is 1. The Kier molecular flexibility index (Phi) is 8.70. The fraction of sp³-hybridized carbons (Fsp3) is 0.381. The van der Waals surface area contributed by atoms with Crippen LogP contribution in [-0.2, 0) is 11.3 Å². The molecule has 2 aromatic rings. The van der Waals surface area contributed by atoms with Crippen LogP contribution in [-0.4, -0.2) is 68.1 Å². The van der Waals surface area contributed by atoms with Gasteiger partial charge in [-0.05, 0) is 32.3 Å². The number of nitrogens with zero attached hydrogens (tertiary/aromatic N) is 3. The van der Waals surface area contributed by atoms with Crippen LogP contribution in [0.2, 0.25) is 0 Å². The lowest BCUT2D eigenvalue weighted by molar-refractivity contribution is -0.384. The summed E-state index contributed by atoms with van der Waals surface area (Å²) in [6.45, 7) is 1.77. The van der Waals surface area contributed by atoms with Gasteiger partial charge in [-0.25, -0.2) is 4.39 Å². The fourth-order valence-corrected chi connectivity index (χ4v) is 2.84. The smallest absolute Gasteiger partial charge is 0.293 e. The molecule has 1 N–H and O–H groups in total. The predicted octanol–water partition coefficient (Wildman–Crippen LogP) is 3.00. The first-order chi connectivity index (χ1) is 14.3. The third kappa shape index (κ3) is 6.50. The molecule has 0 radical (unpaired) electrons. The number of nitro benzene ring substituents is 1. The molecule has 0 aliphatic heterocycles. The van der Waals surface area contributed by atoms with Gasteiger partial charge >= 0.3 is 0 Å². The molecular weight excluding hydrogens is 391 g/mol. The van der Waals surface area contributed by atoms with Crippen LogP contribution in [0.15, 0.2) is 42.5 Å². The molecule has 0 aromatic heterocycles. The van der Waals surface area contributed by atoms with Gasteiger partial charge in [0.05, 0.1) is 11.5 Å². The first-order valence-corrected chi connectivity index (χ1v) is 9.52. The normalized spacial score (nSPS) is 10.8. The lowest BCUT2D eigenvalue weighted by Crippen LogP contribution is -2.36. The third-order valence-electron chi connectivity index (χ3n) is 4.49. The van der Waals surface area contributed by atoms with Crippen LogP contribution >= 0.6 is 0 Å². The molecule has 0 bridgehead atoms. The molecule has 2 aromatic carbocycles. The Morgan fingerprint density at radius 1 is 1.20 bits per heavy atom. The fourth-order valence-electron chi connectivity index (χ4n) is 2.84. The second kappa shape index (κ2) is 11.2. The maximum absolute atomic E-state index is 14.1. The van der Waals surface area contributed by atoms with Gasteiger partial charge in [0.1, 0.15) is 11.5 Å². The monoisotopic (exact) mass is 418 g/mol. The minimum absolute atomic E-state index is 0.0704. The molecule has 0 fully saturated rings. The van der Waals surface area contributed by atoms with Crippen LogP contribution in [0.3, 0.4) is 0 Å². The van der Waals surface area contributed by atoms with Gasteiger partial charge in [0.2, 0.25) is 0 Å². The number of benzene rings is 2. The molecule has 2 rings (SSSR count). The molecule has 0 atom stereocenters. The number of halogens is 1. The van der Waals surface area contributed by atoms with E-state index in [0.29, 0.717) is 37.5 Å². The average molecular weight is 418 g/mol. The number of nitrogens with one attached hydrogen (secondary N) is 1. The summed E-state index contributed by atoms with van der Waals surface area (Å²) in [6.07, 6.45) is 0. The molecule has 0 saturated carbocycles. The SMILES string of the molecule is COCCNc1ccc(C(=O)N(CCN(C)C)Cc2ccccc2F)cc1[N+](=O)[O-]. The molecule has 0 unspecified atom stereocenters. The van der Waals surface area contributed by atoms with Crippen LogP contribution < -0.4 is 5.32 Å². The van der Waals surface area contributed by atoms with Crippen molar-refractivity contribution in [3.05, 3.63) is 69.5 Å². The Labute approximate surface area is 175 Å². The van der Waals surface area contributed by atoms with Crippen molar-refractivity contribution in [3.63, 3.8) is 0 Å². The molecular formula is C21H27FN4O4. The minimum atomic E-state index is -0.535. The maximum atomic E-state index is 14.1. The van der Waals surface area contributed by atoms with Crippen molar-refractivity contribution in [2.24, 2.45) is 0 Å². The molecule has 30 heavy (non-hydrogen) atoms. The van der Waals surface area contributed by atoms with Gasteiger partial charge in [-0.15, -0.1) is 0 Å². The molecule has 9 heteroatoms. The quantitative estimate of drug-likeness (QED) is 0.343. The van der Waals surface area contributed by atoms with Crippen LogP contribution in [0.5, 0.6) is 0 Å². The highest BCUT2D eigenvalue weighted by molar-refractivity contribution is 5.95. The van der Waals surface area contributed by atoms with E-state index in [1.807, 2.05) is 19.0 Å². The molecule has 0 spiro atoms. The number of carbonyl (C=O) groups excluding carboxylic acids is 1. The first-order valence-electron chi connectivity index (χ1n) is 9.52. The highest BCUT2D eigenvalue weighted by Gasteiger charge is 2.22. The van der Waals surface area contributed by atoms with Crippen molar-refractivity contribution < 1.29 is 18.8 Å². The van der Waals surface area contributed by atoms with E-state index in [4.69, 9.17) is 4.74 Å². The Balaban J connectivity index is 2.30. The molecule has 8 nitrogen and oxygen atoms in total. The zero-order valence-electron chi connectivity index (χ0n) is 17.4. The number of likely N-dealkylation sites (N-methyl/N-ethyl adjacent to an activating group) is 1. The maximum Gasteiger partial charge on any atom is 0.293 e. The van der Waals surface area contributed by atoms with E-state index in [0.717, 1.165) is 0 Å². The highest BCUT2D eigenvalue weighted by atomic mass is 19.1. The third-order valence-corrected chi connectivity index (χ3v) is 4.49. The number of amides is 1. The van der Waals surface area contributed by atoms with Gasteiger partial charge in [-0.1, -0.05) is 18.2 Å². The Morgan fingerprint density at radius 3 is 2.57 bits per heavy atom. The van der Waals surface area contributed by atoms with Gasteiger partial charge in [-0.2, -0.15) is 0 Å². The molecule has 162 valence electrons. The summed E-state index contributed by atoms with van der Waals surface area (Å²) in [5, 5.41) is 14.4. The number of ether oxygens (including phenoxy) is 1. The summed E-state index contributed by atoms with van der Waals surface area (Å²) in [6, 6.07) is 10.6. The molecule has 0 aliphatic rings. The van der Waals surface area contributed by atoms with Crippen molar-refractivity contribution in [1.82, 2.24) is 9.80 Å². The lowest BCUT2D eigenvalue weighted by Gasteiger charge is -2.25. The topological polar surface area (TPSA) is 88.0 Å². The molecule has 0 aliphatic carbocycles. The Morgan fingerprint density at radius 2 is 1.93 bits per heavy atom. The largest absolute Gasteiger partial charge is 0.383 e. The van der Waals surface area contributed by atoms with E-state index >= 15 is 0 Å². The van der Waals surface area contributed by atoms with Gasteiger partial charge in [0, 0.05) is 50.5 Å². The van der Waals surface area contributed by atoms with E-state index in [2.05, 4.69) is 5.32 Å². The van der Waals surface area contributed by atoms with Crippen LogP contribution in [0.25, 0.3) is 0 Å². The van der Waals surface area contributed by atoms with Gasteiger partial charge < -0.3 is 19.9 Å². The zero-order valence-corrected chi connectivity index (χ0v) is 17.4. The van der Waals surface area contributed by atoms with E-state index in [1.54, 1.807) is 18.2 Å². The summed E-state index contributed by atoms with van der Waals surface area (Å²) in [5.41, 5.74) is 0.670. The zero-order chi connectivity index (χ0) is 22.1. The minimum Gasteiger partial charge on any atom is -0.383 e. The van der Waals surface area contributed by atoms with Crippen molar-refractivity contribution in [3.8, 4) is 0 Å². The number of rotatable bonds is 11. The van der Waals surface area contributed by atoms with Crippen LogP contribution in [0, 0.1) is 15.9 Å². The summed E-state index contributed by atoms with van der Waals surface area (Å²) in [7, 11) is 5.28. The van der Waals surface area contributed by atoms with Gasteiger partial charge in [-0.3, -0.25) is 14.9 Å². The van der Waals surface area contributed by atoms with Crippen LogP contribution in [0.1, 0.15) is 15.9 Å². The number of carbonyl (C=O) groups is 1. The van der Waals surface area contributed by atoms with E-state index in [1.165, 1.54) is 36.3 Å². The summed E-state index contributed by atoms with van der Waals surface area (Å²) in [4.78, 5) is 27.5. The number of nitro groups is 1. The molecule has 0 heterocycles. The van der Waals surface area contributed by atoms with Gasteiger partial charge in [0.15, 0.2) is 0 Å². The second-order valence-electron chi connectivity index (χ2n) is 7.03. The highest BCUT2D eigenvalue weighted by Crippen LogP contribution is 2.26. The summed E-state index contributed by atoms with van der Waals surface area (Å²) in [5.74, 6) is -0.796.